The minimum Gasteiger partial charge on any atom is -0.477 e. The summed E-state index contributed by atoms with van der Waals surface area (Å²) in [7, 11) is -3.72. The van der Waals surface area contributed by atoms with Crippen molar-refractivity contribution < 1.29 is 23.1 Å². The summed E-state index contributed by atoms with van der Waals surface area (Å²) in [6, 6.07) is 2.45. The molecular weight excluding hydrogens is 280 g/mol. The molecule has 0 saturated heterocycles. The zero-order valence-corrected chi connectivity index (χ0v) is 10.9. The number of nitrogens with one attached hydrogen (secondary N) is 1. The van der Waals surface area contributed by atoms with Gasteiger partial charge in [0.25, 0.3) is 0 Å². The third kappa shape index (κ3) is 4.09. The summed E-state index contributed by atoms with van der Waals surface area (Å²) in [6.45, 7) is 0.0750. The molecule has 7 nitrogen and oxygen atoms in total. The average Bonchev–Trinajstić information content (AvgIpc) is 2.74. The Balaban J connectivity index is 2.62. The Hall–Kier alpha value is -1.45. The number of nitrogens with two attached hydrogens (primary N) is 1. The molecule has 0 aliphatic carbocycles. The SMILES string of the molecule is NC(=O)CCCNS(=O)(=O)c1ccc(C(=O)O)s1. The summed E-state index contributed by atoms with van der Waals surface area (Å²) < 4.78 is 25.6. The molecule has 0 unspecified atom stereocenters. The third-order valence-electron chi connectivity index (χ3n) is 1.95. The van der Waals surface area contributed by atoms with Crippen LogP contribution in [0.2, 0.25) is 0 Å². The molecule has 1 heterocycles. The molecule has 4 N–H and O–H groups in total. The van der Waals surface area contributed by atoms with E-state index in [1.807, 2.05) is 0 Å². The highest BCUT2D eigenvalue weighted by molar-refractivity contribution is 7.91. The fourth-order valence-corrected chi connectivity index (χ4v) is 3.38. The van der Waals surface area contributed by atoms with Crippen molar-refractivity contribution in [2.45, 2.75) is 17.1 Å². The number of carboxylic acid groups (broad SMARTS) is 1. The normalized spacial score (nSPS) is 11.3. The summed E-state index contributed by atoms with van der Waals surface area (Å²) in [5.74, 6) is -1.67. The van der Waals surface area contributed by atoms with Crippen LogP contribution in [0.15, 0.2) is 16.3 Å². The van der Waals surface area contributed by atoms with Crippen molar-refractivity contribution in [2.24, 2.45) is 5.73 Å². The van der Waals surface area contributed by atoms with Crippen LogP contribution in [0.3, 0.4) is 0 Å². The molecule has 1 aromatic rings. The number of thiophene rings is 1. The second kappa shape index (κ2) is 5.94. The molecule has 1 rings (SSSR count). The van der Waals surface area contributed by atoms with Crippen molar-refractivity contribution in [2.75, 3.05) is 6.54 Å². The molecule has 1 aromatic heterocycles. The van der Waals surface area contributed by atoms with Crippen LogP contribution >= 0.6 is 11.3 Å². The van der Waals surface area contributed by atoms with E-state index in [0.29, 0.717) is 17.8 Å². The van der Waals surface area contributed by atoms with Gasteiger partial charge in [-0.2, -0.15) is 0 Å². The monoisotopic (exact) mass is 292 g/mol. The number of amides is 1. The van der Waals surface area contributed by atoms with Crippen LogP contribution in [-0.4, -0.2) is 31.9 Å². The van der Waals surface area contributed by atoms with Crippen LogP contribution in [0.25, 0.3) is 0 Å². The number of aromatic carboxylic acids is 1. The van der Waals surface area contributed by atoms with E-state index in [4.69, 9.17) is 10.8 Å². The molecule has 0 radical (unpaired) electrons. The number of hydrogen-bond donors (Lipinski definition) is 3. The zero-order chi connectivity index (χ0) is 13.8. The first kappa shape index (κ1) is 14.6. The van der Waals surface area contributed by atoms with Crippen molar-refractivity contribution in [1.82, 2.24) is 4.72 Å². The van der Waals surface area contributed by atoms with E-state index < -0.39 is 21.9 Å². The van der Waals surface area contributed by atoms with Gasteiger partial charge in [0.1, 0.15) is 9.09 Å². The van der Waals surface area contributed by atoms with Crippen LogP contribution in [0.1, 0.15) is 22.5 Å². The molecule has 0 bridgehead atoms. The minimum atomic E-state index is -3.72. The molecule has 0 saturated carbocycles. The van der Waals surface area contributed by atoms with Crippen LogP contribution in [0.4, 0.5) is 0 Å². The number of hydrogen-bond acceptors (Lipinski definition) is 5. The summed E-state index contributed by atoms with van der Waals surface area (Å²) in [6.07, 6.45) is 0.388. The fourth-order valence-electron chi connectivity index (χ4n) is 1.12. The molecule has 0 atom stereocenters. The Labute approximate surface area is 108 Å². The molecule has 0 aliphatic heterocycles. The topological polar surface area (TPSA) is 127 Å². The van der Waals surface area contributed by atoms with Crippen LogP contribution in [0, 0.1) is 0 Å². The van der Waals surface area contributed by atoms with Gasteiger partial charge in [-0.15, -0.1) is 11.3 Å². The first-order valence-electron chi connectivity index (χ1n) is 4.94. The van der Waals surface area contributed by atoms with E-state index in [2.05, 4.69) is 4.72 Å². The lowest BCUT2D eigenvalue weighted by atomic mass is 10.3. The smallest absolute Gasteiger partial charge is 0.345 e. The maximum atomic E-state index is 11.7. The van der Waals surface area contributed by atoms with Crippen molar-refractivity contribution >= 4 is 33.2 Å². The van der Waals surface area contributed by atoms with Crippen LogP contribution in [0.5, 0.6) is 0 Å². The molecule has 0 fully saturated rings. The molecule has 0 aromatic carbocycles. The number of carboxylic acids is 1. The molecular formula is C9H12N2O5S2. The first-order chi connectivity index (χ1) is 8.33. The van der Waals surface area contributed by atoms with Gasteiger partial charge in [-0.3, -0.25) is 4.79 Å². The molecule has 9 heteroatoms. The number of primary amides is 1. The summed E-state index contributed by atoms with van der Waals surface area (Å²) in [4.78, 5) is 21.0. The predicted molar refractivity (Wildman–Crippen MR) is 64.9 cm³/mol. The summed E-state index contributed by atoms with van der Waals surface area (Å²) in [5.41, 5.74) is 4.91. The Bertz CT molecular complexity index is 549. The van der Waals surface area contributed by atoms with Gasteiger partial charge in [0.15, 0.2) is 0 Å². The van der Waals surface area contributed by atoms with Gasteiger partial charge in [-0.1, -0.05) is 0 Å². The fraction of sp³-hybridized carbons (Fsp3) is 0.333. The molecule has 100 valence electrons. The number of sulfonamides is 1. The second-order valence-corrected chi connectivity index (χ2v) is 6.47. The average molecular weight is 292 g/mol. The first-order valence-corrected chi connectivity index (χ1v) is 7.24. The lowest BCUT2D eigenvalue weighted by Crippen LogP contribution is -2.25. The third-order valence-corrected chi connectivity index (χ3v) is 4.98. The van der Waals surface area contributed by atoms with Gasteiger partial charge in [0.05, 0.1) is 0 Å². The van der Waals surface area contributed by atoms with Gasteiger partial charge < -0.3 is 10.8 Å². The van der Waals surface area contributed by atoms with E-state index >= 15 is 0 Å². The van der Waals surface area contributed by atoms with Crippen molar-refractivity contribution in [3.63, 3.8) is 0 Å². The van der Waals surface area contributed by atoms with Crippen molar-refractivity contribution in [3.8, 4) is 0 Å². The summed E-state index contributed by atoms with van der Waals surface area (Å²) in [5, 5.41) is 8.68. The maximum Gasteiger partial charge on any atom is 0.345 e. The Morgan fingerprint density at radius 1 is 1.39 bits per heavy atom. The largest absolute Gasteiger partial charge is 0.477 e. The Morgan fingerprint density at radius 2 is 2.06 bits per heavy atom. The highest BCUT2D eigenvalue weighted by atomic mass is 32.2. The van der Waals surface area contributed by atoms with E-state index in [-0.39, 0.29) is 22.1 Å². The highest BCUT2D eigenvalue weighted by Gasteiger charge is 2.18. The second-order valence-electron chi connectivity index (χ2n) is 3.39. The maximum absolute atomic E-state index is 11.7. The van der Waals surface area contributed by atoms with Crippen LogP contribution in [-0.2, 0) is 14.8 Å². The van der Waals surface area contributed by atoms with Gasteiger partial charge in [0, 0.05) is 13.0 Å². The van der Waals surface area contributed by atoms with Crippen molar-refractivity contribution in [3.05, 3.63) is 17.0 Å². The highest BCUT2D eigenvalue weighted by Crippen LogP contribution is 2.21. The van der Waals surface area contributed by atoms with Gasteiger partial charge in [-0.05, 0) is 18.6 Å². The van der Waals surface area contributed by atoms with Crippen LogP contribution < -0.4 is 10.5 Å². The lowest BCUT2D eigenvalue weighted by Gasteiger charge is -2.03. The Kier molecular flexibility index (Phi) is 4.82. The predicted octanol–water partition coefficient (Wildman–Crippen LogP) is -0.00990. The quantitative estimate of drug-likeness (QED) is 0.609. The summed E-state index contributed by atoms with van der Waals surface area (Å²) >= 11 is 0.671. The number of carbonyl (C=O) groups is 2. The molecule has 1 amide bonds. The zero-order valence-electron chi connectivity index (χ0n) is 9.25. The molecule has 18 heavy (non-hydrogen) atoms. The standard InChI is InChI=1S/C9H12N2O5S2/c10-7(12)2-1-5-11-18(15,16)8-4-3-6(17-8)9(13)14/h3-4,11H,1-2,5H2,(H2,10,12)(H,13,14). The van der Waals surface area contributed by atoms with Gasteiger partial charge in [-0.25, -0.2) is 17.9 Å². The van der Waals surface area contributed by atoms with E-state index in [0.717, 1.165) is 0 Å². The van der Waals surface area contributed by atoms with E-state index in [1.54, 1.807) is 0 Å². The number of carbonyl (C=O) groups excluding carboxylic acids is 1. The van der Waals surface area contributed by atoms with E-state index in [1.165, 1.54) is 12.1 Å². The Morgan fingerprint density at radius 3 is 2.56 bits per heavy atom. The lowest BCUT2D eigenvalue weighted by molar-refractivity contribution is -0.118. The minimum absolute atomic E-state index is 0.0486. The van der Waals surface area contributed by atoms with E-state index in [9.17, 15) is 18.0 Å². The number of rotatable bonds is 7. The molecule has 0 spiro atoms. The van der Waals surface area contributed by atoms with Crippen molar-refractivity contribution in [1.29, 1.82) is 0 Å². The van der Waals surface area contributed by atoms with Gasteiger partial charge in [0.2, 0.25) is 15.9 Å². The molecule has 0 aliphatic rings. The van der Waals surface area contributed by atoms with Gasteiger partial charge >= 0.3 is 5.97 Å².